The second-order valence-corrected chi connectivity index (χ2v) is 8.27. The molecule has 21 heavy (non-hydrogen) atoms. The highest BCUT2D eigenvalue weighted by Gasteiger charge is 2.39. The lowest BCUT2D eigenvalue weighted by Crippen LogP contribution is -2.46. The van der Waals surface area contributed by atoms with Gasteiger partial charge in [-0.1, -0.05) is 6.92 Å². The van der Waals surface area contributed by atoms with Crippen LogP contribution in [0.4, 0.5) is 0 Å². The van der Waals surface area contributed by atoms with E-state index in [0.717, 1.165) is 32.4 Å². The molecule has 0 aromatic heterocycles. The molecule has 2 unspecified atom stereocenters. The van der Waals surface area contributed by atoms with Gasteiger partial charge >= 0.3 is 0 Å². The fourth-order valence-corrected chi connectivity index (χ4v) is 4.85. The lowest BCUT2D eigenvalue weighted by molar-refractivity contribution is 0.245. The van der Waals surface area contributed by atoms with Gasteiger partial charge in [0.1, 0.15) is 0 Å². The zero-order valence-electron chi connectivity index (χ0n) is 13.6. The van der Waals surface area contributed by atoms with E-state index in [-0.39, 0.29) is 0 Å². The van der Waals surface area contributed by atoms with Gasteiger partial charge in [0, 0.05) is 38.8 Å². The first-order valence-electron chi connectivity index (χ1n) is 8.11. The molecule has 2 heterocycles. The zero-order chi connectivity index (χ0) is 15.5. The van der Waals surface area contributed by atoms with Crippen LogP contribution in [0.15, 0.2) is 0 Å². The summed E-state index contributed by atoms with van der Waals surface area (Å²) in [6, 6.07) is 0.955. The Morgan fingerprint density at radius 2 is 1.95 bits per heavy atom. The van der Waals surface area contributed by atoms with E-state index in [2.05, 4.69) is 24.2 Å². The van der Waals surface area contributed by atoms with Crippen molar-refractivity contribution >= 4 is 10.2 Å². The number of rotatable bonds is 7. The molecule has 6 nitrogen and oxygen atoms in total. The van der Waals surface area contributed by atoms with Gasteiger partial charge in [-0.3, -0.25) is 4.90 Å². The van der Waals surface area contributed by atoms with Crippen LogP contribution < -0.4 is 5.32 Å². The van der Waals surface area contributed by atoms with Gasteiger partial charge in [0.15, 0.2) is 0 Å². The number of hydrogen-bond donors (Lipinski definition) is 1. The van der Waals surface area contributed by atoms with E-state index in [9.17, 15) is 8.42 Å². The Morgan fingerprint density at radius 3 is 2.67 bits per heavy atom. The number of likely N-dealkylation sites (N-methyl/N-ethyl adjacent to an activating group) is 1. The van der Waals surface area contributed by atoms with Crippen molar-refractivity contribution < 1.29 is 8.42 Å². The molecule has 0 radical (unpaired) electrons. The van der Waals surface area contributed by atoms with Crippen LogP contribution in [-0.4, -0.2) is 80.8 Å². The topological polar surface area (TPSA) is 55.9 Å². The Hall–Kier alpha value is -0.210. The molecule has 0 spiro atoms. The summed E-state index contributed by atoms with van der Waals surface area (Å²) in [5, 5.41) is 3.23. The standard InChI is InChI=1S/C14H30N4O2S/c1-4-15-9-5-10-16(2)21(19,20)18-11-8-13-6-7-14(12-18)17(13)3/h13-15H,4-12H2,1-3H3. The van der Waals surface area contributed by atoms with Crippen molar-refractivity contribution in [3.05, 3.63) is 0 Å². The molecule has 2 aliphatic heterocycles. The molecule has 2 atom stereocenters. The van der Waals surface area contributed by atoms with Gasteiger partial charge in [0.2, 0.25) is 0 Å². The van der Waals surface area contributed by atoms with Crippen molar-refractivity contribution in [2.24, 2.45) is 0 Å². The maximum atomic E-state index is 12.7. The first-order valence-corrected chi connectivity index (χ1v) is 9.50. The van der Waals surface area contributed by atoms with Crippen molar-refractivity contribution in [2.45, 2.75) is 44.7 Å². The second-order valence-electron chi connectivity index (χ2n) is 6.23. The molecule has 0 aliphatic carbocycles. The normalized spacial score (nSPS) is 28.2. The SMILES string of the molecule is CCNCCCN(C)S(=O)(=O)N1CCC2CCC(C1)N2C. The predicted octanol–water partition coefficient (Wildman–Crippen LogP) is 0.331. The number of hydrogen-bond acceptors (Lipinski definition) is 4. The summed E-state index contributed by atoms with van der Waals surface area (Å²) in [5.74, 6) is 0. The van der Waals surface area contributed by atoms with E-state index in [0.29, 0.717) is 31.7 Å². The summed E-state index contributed by atoms with van der Waals surface area (Å²) in [6.45, 7) is 5.74. The van der Waals surface area contributed by atoms with E-state index in [4.69, 9.17) is 0 Å². The monoisotopic (exact) mass is 318 g/mol. The summed E-state index contributed by atoms with van der Waals surface area (Å²) >= 11 is 0. The molecular formula is C14H30N4O2S. The second kappa shape index (κ2) is 7.37. The van der Waals surface area contributed by atoms with Crippen LogP contribution in [0, 0.1) is 0 Å². The highest BCUT2D eigenvalue weighted by atomic mass is 32.2. The first-order chi connectivity index (χ1) is 9.96. The summed E-state index contributed by atoms with van der Waals surface area (Å²) in [5.41, 5.74) is 0. The van der Waals surface area contributed by atoms with Crippen LogP contribution in [-0.2, 0) is 10.2 Å². The maximum absolute atomic E-state index is 12.7. The molecule has 2 fully saturated rings. The van der Waals surface area contributed by atoms with Crippen molar-refractivity contribution in [2.75, 3.05) is 46.8 Å². The average Bonchev–Trinajstić information content (AvgIpc) is 2.67. The summed E-state index contributed by atoms with van der Waals surface area (Å²) in [4.78, 5) is 2.38. The highest BCUT2D eigenvalue weighted by molar-refractivity contribution is 7.86. The number of nitrogens with zero attached hydrogens (tertiary/aromatic N) is 3. The third-order valence-electron chi connectivity index (χ3n) is 4.91. The van der Waals surface area contributed by atoms with Gasteiger partial charge in [0.05, 0.1) is 0 Å². The van der Waals surface area contributed by atoms with E-state index in [1.807, 2.05) is 0 Å². The van der Waals surface area contributed by atoms with Crippen LogP contribution in [0.3, 0.4) is 0 Å². The Morgan fingerprint density at radius 1 is 1.24 bits per heavy atom. The smallest absolute Gasteiger partial charge is 0.281 e. The third-order valence-corrected chi connectivity index (χ3v) is 6.86. The molecule has 2 rings (SSSR count). The Kier molecular flexibility index (Phi) is 6.02. The van der Waals surface area contributed by atoms with Gasteiger partial charge in [0.25, 0.3) is 10.2 Å². The fourth-order valence-electron chi connectivity index (χ4n) is 3.40. The molecule has 7 heteroatoms. The Bertz CT molecular complexity index is 429. The molecule has 2 bridgehead atoms. The summed E-state index contributed by atoms with van der Waals surface area (Å²) in [7, 11) is 0.534. The highest BCUT2D eigenvalue weighted by Crippen LogP contribution is 2.29. The van der Waals surface area contributed by atoms with Crippen molar-refractivity contribution in [1.29, 1.82) is 0 Å². The molecular weight excluding hydrogens is 288 g/mol. The van der Waals surface area contributed by atoms with Gasteiger partial charge in [-0.2, -0.15) is 17.0 Å². The molecule has 2 saturated heterocycles. The molecule has 2 aliphatic rings. The van der Waals surface area contributed by atoms with E-state index in [1.165, 1.54) is 10.7 Å². The van der Waals surface area contributed by atoms with Gasteiger partial charge < -0.3 is 5.32 Å². The van der Waals surface area contributed by atoms with Crippen LogP contribution >= 0.6 is 0 Å². The van der Waals surface area contributed by atoms with Crippen LogP contribution in [0.5, 0.6) is 0 Å². The minimum Gasteiger partial charge on any atom is -0.317 e. The maximum Gasteiger partial charge on any atom is 0.281 e. The van der Waals surface area contributed by atoms with Crippen LogP contribution in [0.25, 0.3) is 0 Å². The van der Waals surface area contributed by atoms with Crippen molar-refractivity contribution in [3.8, 4) is 0 Å². The number of nitrogens with one attached hydrogen (secondary N) is 1. The van der Waals surface area contributed by atoms with Crippen LogP contribution in [0.1, 0.15) is 32.6 Å². The van der Waals surface area contributed by atoms with Crippen molar-refractivity contribution in [3.63, 3.8) is 0 Å². The van der Waals surface area contributed by atoms with E-state index < -0.39 is 10.2 Å². The first kappa shape index (κ1) is 17.1. The lowest BCUT2D eigenvalue weighted by atomic mass is 10.1. The predicted molar refractivity (Wildman–Crippen MR) is 85.5 cm³/mol. The molecule has 0 aromatic carbocycles. The average molecular weight is 318 g/mol. The molecule has 0 amide bonds. The minimum absolute atomic E-state index is 0.391. The number of fused-ring (bicyclic) bond motifs is 2. The van der Waals surface area contributed by atoms with E-state index in [1.54, 1.807) is 11.4 Å². The van der Waals surface area contributed by atoms with Gasteiger partial charge in [-0.25, -0.2) is 0 Å². The third kappa shape index (κ3) is 3.96. The molecule has 0 saturated carbocycles. The van der Waals surface area contributed by atoms with Gasteiger partial charge in [-0.15, -0.1) is 0 Å². The molecule has 124 valence electrons. The van der Waals surface area contributed by atoms with E-state index >= 15 is 0 Å². The van der Waals surface area contributed by atoms with Crippen LogP contribution in [0.2, 0.25) is 0 Å². The van der Waals surface area contributed by atoms with Crippen molar-refractivity contribution in [1.82, 2.24) is 18.8 Å². The fraction of sp³-hybridized carbons (Fsp3) is 1.00. The summed E-state index contributed by atoms with van der Waals surface area (Å²) < 4.78 is 28.6. The zero-order valence-corrected chi connectivity index (χ0v) is 14.4. The lowest BCUT2D eigenvalue weighted by Gasteiger charge is -2.29. The quantitative estimate of drug-likeness (QED) is 0.688. The molecule has 1 N–H and O–H groups in total. The Labute approximate surface area is 129 Å². The van der Waals surface area contributed by atoms with Gasteiger partial charge in [-0.05, 0) is 45.8 Å². The largest absolute Gasteiger partial charge is 0.317 e. The Balaban J connectivity index is 1.92. The summed E-state index contributed by atoms with van der Waals surface area (Å²) in [6.07, 6.45) is 4.14. The molecule has 0 aromatic rings. The minimum atomic E-state index is -3.31.